The molecular weight excluding hydrogens is 199 g/mol. The third-order valence-corrected chi connectivity index (χ3v) is 2.19. The number of benzene rings is 1. The van der Waals surface area contributed by atoms with Crippen LogP contribution in [-0.4, -0.2) is 25.2 Å². The highest BCUT2D eigenvalue weighted by atomic mass is 19.1. The first-order chi connectivity index (χ1) is 7.18. The number of ketones is 1. The molecule has 0 saturated carbocycles. The lowest BCUT2D eigenvalue weighted by Gasteiger charge is -2.18. The van der Waals surface area contributed by atoms with Gasteiger partial charge >= 0.3 is 0 Å². The average Bonchev–Trinajstić information content (AvgIpc) is 2.27. The van der Waals surface area contributed by atoms with Gasteiger partial charge < -0.3 is 9.47 Å². The van der Waals surface area contributed by atoms with Crippen molar-refractivity contribution in [2.45, 2.75) is 13.1 Å². The SMILES string of the molecule is CC(F)C(=O)c1ccc2c(c1)OCCO2. The molecule has 1 atom stereocenters. The zero-order chi connectivity index (χ0) is 10.8. The maximum Gasteiger partial charge on any atom is 0.196 e. The predicted octanol–water partition coefficient (Wildman–Crippen LogP) is 2.00. The lowest BCUT2D eigenvalue weighted by Crippen LogP contribution is -2.17. The Hall–Kier alpha value is -1.58. The van der Waals surface area contributed by atoms with Crippen LogP contribution in [-0.2, 0) is 0 Å². The summed E-state index contributed by atoms with van der Waals surface area (Å²) in [4.78, 5) is 11.4. The van der Waals surface area contributed by atoms with Crippen molar-refractivity contribution < 1.29 is 18.7 Å². The fourth-order valence-electron chi connectivity index (χ4n) is 1.43. The standard InChI is InChI=1S/C11H11FO3/c1-7(12)11(13)8-2-3-9-10(6-8)15-5-4-14-9/h2-3,6-7H,4-5H2,1H3. The largest absolute Gasteiger partial charge is 0.486 e. The van der Waals surface area contributed by atoms with Crippen LogP contribution in [0.2, 0.25) is 0 Å². The maximum atomic E-state index is 12.8. The number of rotatable bonds is 2. The first-order valence-corrected chi connectivity index (χ1v) is 4.76. The number of hydrogen-bond acceptors (Lipinski definition) is 3. The molecule has 2 rings (SSSR count). The van der Waals surface area contributed by atoms with E-state index in [0.717, 1.165) is 0 Å². The molecule has 0 N–H and O–H groups in total. The van der Waals surface area contributed by atoms with Crippen LogP contribution in [0.15, 0.2) is 18.2 Å². The number of carbonyl (C=O) groups excluding carboxylic acids is 1. The van der Waals surface area contributed by atoms with E-state index >= 15 is 0 Å². The van der Waals surface area contributed by atoms with E-state index < -0.39 is 12.0 Å². The number of fused-ring (bicyclic) bond motifs is 1. The van der Waals surface area contributed by atoms with E-state index in [1.165, 1.54) is 13.0 Å². The van der Waals surface area contributed by atoms with E-state index in [1.54, 1.807) is 12.1 Å². The van der Waals surface area contributed by atoms with Gasteiger partial charge in [0.2, 0.25) is 0 Å². The van der Waals surface area contributed by atoms with Gasteiger partial charge in [-0.3, -0.25) is 4.79 Å². The normalized spacial score (nSPS) is 15.9. The minimum absolute atomic E-state index is 0.314. The summed E-state index contributed by atoms with van der Waals surface area (Å²) in [5.41, 5.74) is 0.314. The molecule has 0 aliphatic carbocycles. The number of carbonyl (C=O) groups is 1. The number of alkyl halides is 1. The minimum atomic E-state index is -1.49. The number of ether oxygens (including phenoxy) is 2. The molecule has 0 radical (unpaired) electrons. The van der Waals surface area contributed by atoms with E-state index in [1.807, 2.05) is 0 Å². The van der Waals surface area contributed by atoms with Crippen molar-refractivity contribution in [2.75, 3.05) is 13.2 Å². The molecule has 1 aromatic carbocycles. The van der Waals surface area contributed by atoms with E-state index in [0.29, 0.717) is 30.3 Å². The van der Waals surface area contributed by atoms with Gasteiger partial charge in [0.15, 0.2) is 23.5 Å². The summed E-state index contributed by atoms with van der Waals surface area (Å²) in [7, 11) is 0. The van der Waals surface area contributed by atoms with E-state index in [-0.39, 0.29) is 0 Å². The van der Waals surface area contributed by atoms with Crippen LogP contribution in [0.5, 0.6) is 11.5 Å². The van der Waals surface area contributed by atoms with E-state index in [4.69, 9.17) is 9.47 Å². The number of hydrogen-bond donors (Lipinski definition) is 0. The molecule has 1 unspecified atom stereocenters. The molecule has 3 nitrogen and oxygen atoms in total. The van der Waals surface area contributed by atoms with Crippen molar-refractivity contribution in [2.24, 2.45) is 0 Å². The van der Waals surface area contributed by atoms with Crippen LogP contribution in [0.4, 0.5) is 4.39 Å². The van der Waals surface area contributed by atoms with Crippen molar-refractivity contribution >= 4 is 5.78 Å². The van der Waals surface area contributed by atoms with Gasteiger partial charge in [-0.15, -0.1) is 0 Å². The Morgan fingerprint density at radius 2 is 2.00 bits per heavy atom. The minimum Gasteiger partial charge on any atom is -0.486 e. The Balaban J connectivity index is 2.32. The first-order valence-electron chi connectivity index (χ1n) is 4.76. The van der Waals surface area contributed by atoms with Gasteiger partial charge in [-0.05, 0) is 25.1 Å². The second-order valence-electron chi connectivity index (χ2n) is 3.34. The first kappa shape index (κ1) is 9.96. The van der Waals surface area contributed by atoms with Crippen molar-refractivity contribution in [3.05, 3.63) is 23.8 Å². The van der Waals surface area contributed by atoms with Gasteiger partial charge in [0.25, 0.3) is 0 Å². The van der Waals surface area contributed by atoms with Gasteiger partial charge in [0.1, 0.15) is 13.2 Å². The number of Topliss-reactive ketones (excluding diaryl/α,β-unsaturated/α-hetero) is 1. The third kappa shape index (κ3) is 1.93. The van der Waals surface area contributed by atoms with Crippen LogP contribution >= 0.6 is 0 Å². The summed E-state index contributed by atoms with van der Waals surface area (Å²) in [6, 6.07) is 4.70. The topological polar surface area (TPSA) is 35.5 Å². The summed E-state index contributed by atoms with van der Waals surface area (Å²) in [6.45, 7) is 2.18. The second kappa shape index (κ2) is 3.88. The van der Waals surface area contributed by atoms with Gasteiger partial charge in [-0.25, -0.2) is 4.39 Å². The molecule has 0 saturated heterocycles. The summed E-state index contributed by atoms with van der Waals surface area (Å²) >= 11 is 0. The highest BCUT2D eigenvalue weighted by Gasteiger charge is 2.18. The Bertz CT molecular complexity index is 387. The fraction of sp³-hybridized carbons (Fsp3) is 0.364. The highest BCUT2D eigenvalue weighted by molar-refractivity contribution is 5.99. The maximum absolute atomic E-state index is 12.8. The Morgan fingerprint density at radius 3 is 2.67 bits per heavy atom. The number of halogens is 1. The van der Waals surface area contributed by atoms with Gasteiger partial charge in [0.05, 0.1) is 0 Å². The zero-order valence-electron chi connectivity index (χ0n) is 8.33. The molecule has 4 heteroatoms. The van der Waals surface area contributed by atoms with Gasteiger partial charge in [-0.2, -0.15) is 0 Å². The predicted molar refractivity (Wildman–Crippen MR) is 52.3 cm³/mol. The van der Waals surface area contributed by atoms with Crippen molar-refractivity contribution in [1.29, 1.82) is 0 Å². The Labute approximate surface area is 86.8 Å². The molecule has 80 valence electrons. The molecule has 1 heterocycles. The molecule has 0 fully saturated rings. The third-order valence-electron chi connectivity index (χ3n) is 2.19. The molecule has 0 amide bonds. The molecule has 0 spiro atoms. The zero-order valence-corrected chi connectivity index (χ0v) is 8.33. The van der Waals surface area contributed by atoms with Crippen LogP contribution in [0, 0.1) is 0 Å². The molecule has 0 aromatic heterocycles. The Morgan fingerprint density at radius 1 is 1.33 bits per heavy atom. The molecular formula is C11H11FO3. The fourth-order valence-corrected chi connectivity index (χ4v) is 1.43. The summed E-state index contributed by atoms with van der Waals surface area (Å²) in [5.74, 6) is 0.573. The highest BCUT2D eigenvalue weighted by Crippen LogP contribution is 2.31. The van der Waals surface area contributed by atoms with Gasteiger partial charge in [-0.1, -0.05) is 0 Å². The quantitative estimate of drug-likeness (QED) is 0.700. The molecule has 1 aliphatic heterocycles. The van der Waals surface area contributed by atoms with Gasteiger partial charge in [0, 0.05) is 5.56 Å². The van der Waals surface area contributed by atoms with Crippen LogP contribution in [0.3, 0.4) is 0 Å². The smallest absolute Gasteiger partial charge is 0.196 e. The molecule has 1 aliphatic rings. The summed E-state index contributed by atoms with van der Waals surface area (Å²) in [5, 5.41) is 0. The lowest BCUT2D eigenvalue weighted by molar-refractivity contribution is 0.0891. The lowest BCUT2D eigenvalue weighted by atomic mass is 10.1. The molecule has 0 bridgehead atoms. The summed E-state index contributed by atoms with van der Waals surface area (Å²) < 4.78 is 23.4. The average molecular weight is 210 g/mol. The second-order valence-corrected chi connectivity index (χ2v) is 3.34. The van der Waals surface area contributed by atoms with Crippen LogP contribution in [0.1, 0.15) is 17.3 Å². The van der Waals surface area contributed by atoms with E-state index in [9.17, 15) is 9.18 Å². The van der Waals surface area contributed by atoms with Crippen molar-refractivity contribution in [3.8, 4) is 11.5 Å². The van der Waals surface area contributed by atoms with E-state index in [2.05, 4.69) is 0 Å². The van der Waals surface area contributed by atoms with Crippen LogP contribution < -0.4 is 9.47 Å². The summed E-state index contributed by atoms with van der Waals surface area (Å²) in [6.07, 6.45) is -1.49. The van der Waals surface area contributed by atoms with Crippen molar-refractivity contribution in [3.63, 3.8) is 0 Å². The molecule has 15 heavy (non-hydrogen) atoms. The molecule has 1 aromatic rings. The Kier molecular flexibility index (Phi) is 2.58. The van der Waals surface area contributed by atoms with Crippen molar-refractivity contribution in [1.82, 2.24) is 0 Å². The van der Waals surface area contributed by atoms with Crippen LogP contribution in [0.25, 0.3) is 0 Å². The monoisotopic (exact) mass is 210 g/mol.